The van der Waals surface area contributed by atoms with Crippen LogP contribution in [0.5, 0.6) is 0 Å². The Labute approximate surface area is 104 Å². The molecule has 0 spiro atoms. The zero-order valence-corrected chi connectivity index (χ0v) is 11.5. The molecule has 0 aliphatic carbocycles. The molecule has 1 unspecified atom stereocenters. The van der Waals surface area contributed by atoms with E-state index in [9.17, 15) is 8.42 Å². The maximum absolute atomic E-state index is 11.2. The van der Waals surface area contributed by atoms with E-state index in [2.05, 4.69) is 36.5 Å². The molecule has 0 amide bonds. The molecule has 1 rings (SSSR count). The summed E-state index contributed by atoms with van der Waals surface area (Å²) >= 11 is 0. The second-order valence-corrected chi connectivity index (χ2v) is 6.61. The van der Waals surface area contributed by atoms with Gasteiger partial charge in [-0.25, -0.2) is 8.42 Å². The van der Waals surface area contributed by atoms with Gasteiger partial charge in [0.05, 0.1) is 5.75 Å². The molecule has 1 aromatic carbocycles. The van der Waals surface area contributed by atoms with Crippen molar-refractivity contribution in [1.29, 1.82) is 0 Å². The van der Waals surface area contributed by atoms with Crippen molar-refractivity contribution in [3.8, 4) is 0 Å². The van der Waals surface area contributed by atoms with E-state index < -0.39 is 9.84 Å². The fourth-order valence-corrected chi connectivity index (χ4v) is 2.46. The summed E-state index contributed by atoms with van der Waals surface area (Å²) < 4.78 is 22.3. The monoisotopic (exact) mass is 255 g/mol. The van der Waals surface area contributed by atoms with E-state index >= 15 is 0 Å². The number of sulfone groups is 1. The van der Waals surface area contributed by atoms with E-state index in [-0.39, 0.29) is 11.8 Å². The van der Waals surface area contributed by atoms with E-state index in [0.717, 1.165) is 12.0 Å². The van der Waals surface area contributed by atoms with Gasteiger partial charge in [-0.15, -0.1) is 0 Å². The van der Waals surface area contributed by atoms with Crippen molar-refractivity contribution < 1.29 is 8.42 Å². The number of aryl methyl sites for hydroxylation is 1. The van der Waals surface area contributed by atoms with Crippen molar-refractivity contribution in [2.45, 2.75) is 25.8 Å². The number of hydrogen-bond acceptors (Lipinski definition) is 3. The van der Waals surface area contributed by atoms with E-state index in [1.165, 1.54) is 11.8 Å². The summed E-state index contributed by atoms with van der Waals surface area (Å²) in [6.45, 7) is 2.12. The molecule has 1 atom stereocenters. The maximum Gasteiger partial charge on any atom is 0.147 e. The highest BCUT2D eigenvalue weighted by Crippen LogP contribution is 2.18. The van der Waals surface area contributed by atoms with E-state index in [1.54, 1.807) is 0 Å². The van der Waals surface area contributed by atoms with Gasteiger partial charge in [0.15, 0.2) is 0 Å². The zero-order valence-electron chi connectivity index (χ0n) is 10.7. The fraction of sp³-hybridized carbons (Fsp3) is 0.538. The Kier molecular flexibility index (Phi) is 5.15. The first-order valence-corrected chi connectivity index (χ1v) is 7.96. The molecule has 0 radical (unpaired) electrons. The Bertz CT molecular complexity index is 437. The van der Waals surface area contributed by atoms with Crippen molar-refractivity contribution >= 4 is 9.84 Å². The largest absolute Gasteiger partial charge is 0.313 e. The third-order valence-corrected chi connectivity index (χ3v) is 3.89. The Hall–Kier alpha value is -0.870. The van der Waals surface area contributed by atoms with Crippen molar-refractivity contribution in [1.82, 2.24) is 5.32 Å². The third kappa shape index (κ3) is 4.88. The number of benzene rings is 1. The Morgan fingerprint density at radius 2 is 1.82 bits per heavy atom. The molecule has 4 heteroatoms. The van der Waals surface area contributed by atoms with Crippen molar-refractivity contribution in [2.75, 3.05) is 19.1 Å². The first-order chi connectivity index (χ1) is 7.96. The lowest BCUT2D eigenvalue weighted by molar-refractivity contribution is 0.559. The van der Waals surface area contributed by atoms with Crippen LogP contribution in [0.2, 0.25) is 0 Å². The van der Waals surface area contributed by atoms with Crippen LogP contribution < -0.4 is 5.32 Å². The van der Waals surface area contributed by atoms with Gasteiger partial charge in [-0.1, -0.05) is 31.2 Å². The predicted octanol–water partition coefficient (Wildman–Crippen LogP) is 1.94. The fourth-order valence-electron chi connectivity index (χ4n) is 1.80. The number of hydrogen-bond donors (Lipinski definition) is 1. The van der Waals surface area contributed by atoms with Crippen molar-refractivity contribution in [3.63, 3.8) is 0 Å². The van der Waals surface area contributed by atoms with Crippen LogP contribution in [0.3, 0.4) is 0 Å². The number of rotatable bonds is 6. The molecule has 0 aliphatic heterocycles. The molecule has 0 heterocycles. The van der Waals surface area contributed by atoms with Gasteiger partial charge in [-0.05, 0) is 31.0 Å². The van der Waals surface area contributed by atoms with Crippen LogP contribution in [0.4, 0.5) is 0 Å². The van der Waals surface area contributed by atoms with Gasteiger partial charge in [-0.2, -0.15) is 0 Å². The molecule has 3 nitrogen and oxygen atoms in total. The SMILES string of the molecule is CCc1ccc(C(CCS(C)(=O)=O)NC)cc1. The molecule has 0 bridgehead atoms. The second kappa shape index (κ2) is 6.17. The normalized spacial score (nSPS) is 13.6. The molecule has 0 fully saturated rings. The zero-order chi connectivity index (χ0) is 12.9. The smallest absolute Gasteiger partial charge is 0.147 e. The Morgan fingerprint density at radius 1 is 1.24 bits per heavy atom. The lowest BCUT2D eigenvalue weighted by Gasteiger charge is -2.16. The average molecular weight is 255 g/mol. The van der Waals surface area contributed by atoms with E-state index in [4.69, 9.17) is 0 Å². The average Bonchev–Trinajstić information content (AvgIpc) is 2.29. The van der Waals surface area contributed by atoms with Crippen LogP contribution in [0.15, 0.2) is 24.3 Å². The van der Waals surface area contributed by atoms with Crippen molar-refractivity contribution in [3.05, 3.63) is 35.4 Å². The highest BCUT2D eigenvalue weighted by molar-refractivity contribution is 7.90. The van der Waals surface area contributed by atoms with E-state index in [0.29, 0.717) is 6.42 Å². The van der Waals surface area contributed by atoms with Gasteiger partial charge >= 0.3 is 0 Å². The van der Waals surface area contributed by atoms with Crippen LogP contribution in [0.1, 0.15) is 30.5 Å². The minimum absolute atomic E-state index is 0.107. The summed E-state index contributed by atoms with van der Waals surface area (Å²) in [7, 11) is -1.03. The molecule has 0 aromatic heterocycles. The highest BCUT2D eigenvalue weighted by atomic mass is 32.2. The molecular formula is C13H21NO2S. The quantitative estimate of drug-likeness (QED) is 0.845. The Morgan fingerprint density at radius 3 is 2.24 bits per heavy atom. The van der Waals surface area contributed by atoms with Gasteiger partial charge in [0.1, 0.15) is 9.84 Å². The first-order valence-electron chi connectivity index (χ1n) is 5.90. The predicted molar refractivity (Wildman–Crippen MR) is 71.9 cm³/mol. The summed E-state index contributed by atoms with van der Waals surface area (Å²) in [6, 6.07) is 8.45. The van der Waals surface area contributed by atoms with Gasteiger partial charge in [0.25, 0.3) is 0 Å². The Balaban J connectivity index is 2.72. The van der Waals surface area contributed by atoms with Crippen LogP contribution in [0, 0.1) is 0 Å². The molecule has 96 valence electrons. The molecule has 0 aliphatic rings. The highest BCUT2D eigenvalue weighted by Gasteiger charge is 2.12. The minimum atomic E-state index is -2.89. The minimum Gasteiger partial charge on any atom is -0.313 e. The summed E-state index contributed by atoms with van der Waals surface area (Å²) in [5, 5.41) is 3.16. The standard InChI is InChI=1S/C13H21NO2S/c1-4-11-5-7-12(8-6-11)13(14-2)9-10-17(3,15)16/h5-8,13-14H,4,9-10H2,1-3H3. The van der Waals surface area contributed by atoms with Crippen LogP contribution in [0.25, 0.3) is 0 Å². The topological polar surface area (TPSA) is 46.2 Å². The van der Waals surface area contributed by atoms with E-state index in [1.807, 2.05) is 7.05 Å². The van der Waals surface area contributed by atoms with Crippen LogP contribution >= 0.6 is 0 Å². The van der Waals surface area contributed by atoms with Gasteiger partial charge in [0, 0.05) is 12.3 Å². The van der Waals surface area contributed by atoms with Crippen LogP contribution in [-0.2, 0) is 16.3 Å². The van der Waals surface area contributed by atoms with Gasteiger partial charge in [0.2, 0.25) is 0 Å². The van der Waals surface area contributed by atoms with Crippen LogP contribution in [-0.4, -0.2) is 27.5 Å². The molecular weight excluding hydrogens is 234 g/mol. The summed E-state index contributed by atoms with van der Waals surface area (Å²) in [4.78, 5) is 0. The van der Waals surface area contributed by atoms with Crippen molar-refractivity contribution in [2.24, 2.45) is 0 Å². The maximum atomic E-state index is 11.2. The molecule has 1 N–H and O–H groups in total. The summed E-state index contributed by atoms with van der Waals surface area (Å²) in [5.41, 5.74) is 2.44. The summed E-state index contributed by atoms with van der Waals surface area (Å²) in [6.07, 6.45) is 2.91. The molecule has 1 aromatic rings. The third-order valence-electron chi connectivity index (χ3n) is 2.92. The lowest BCUT2D eigenvalue weighted by atomic mass is 10.0. The molecule has 0 saturated carbocycles. The summed E-state index contributed by atoms with van der Waals surface area (Å²) in [5.74, 6) is 0.216. The number of nitrogens with one attached hydrogen (secondary N) is 1. The first kappa shape index (κ1) is 14.2. The molecule has 17 heavy (non-hydrogen) atoms. The van der Waals surface area contributed by atoms with Gasteiger partial charge < -0.3 is 5.32 Å². The molecule has 0 saturated heterocycles. The second-order valence-electron chi connectivity index (χ2n) is 4.35. The van der Waals surface area contributed by atoms with Gasteiger partial charge in [-0.3, -0.25) is 0 Å². The lowest BCUT2D eigenvalue weighted by Crippen LogP contribution is -2.19.